The van der Waals surface area contributed by atoms with Gasteiger partial charge < -0.3 is 15.7 Å². The van der Waals surface area contributed by atoms with Crippen LogP contribution in [0.1, 0.15) is 33.1 Å². The number of carbonyl (C=O) groups is 2. The van der Waals surface area contributed by atoms with Crippen LogP contribution in [0, 0.1) is 17.8 Å². The lowest BCUT2D eigenvalue weighted by atomic mass is 9.96. The maximum Gasteiger partial charge on any atom is 0.306 e. The van der Waals surface area contributed by atoms with E-state index >= 15 is 0 Å². The van der Waals surface area contributed by atoms with Crippen LogP contribution in [0.5, 0.6) is 0 Å². The van der Waals surface area contributed by atoms with Gasteiger partial charge in [0.15, 0.2) is 0 Å². The highest BCUT2D eigenvalue weighted by molar-refractivity contribution is 5.78. The third-order valence-corrected chi connectivity index (χ3v) is 3.38. The fourth-order valence-corrected chi connectivity index (χ4v) is 2.36. The molecule has 18 heavy (non-hydrogen) atoms. The van der Waals surface area contributed by atoms with E-state index in [1.165, 1.54) is 0 Å². The summed E-state index contributed by atoms with van der Waals surface area (Å²) in [5, 5.41) is 14.9. The summed E-state index contributed by atoms with van der Waals surface area (Å²) in [5.74, 6) is -0.353. The molecule has 0 saturated heterocycles. The van der Waals surface area contributed by atoms with Crippen LogP contribution >= 0.6 is 0 Å². The topological polar surface area (TPSA) is 78.4 Å². The lowest BCUT2D eigenvalue weighted by Gasteiger charge is -2.16. The van der Waals surface area contributed by atoms with Gasteiger partial charge in [0.1, 0.15) is 0 Å². The smallest absolute Gasteiger partial charge is 0.306 e. The van der Waals surface area contributed by atoms with E-state index < -0.39 is 5.97 Å². The SMILES string of the molecule is CC(C)CNC(=O)CNCC1CCCC1C(=O)O. The van der Waals surface area contributed by atoms with E-state index in [2.05, 4.69) is 10.6 Å². The predicted octanol–water partition coefficient (Wildman–Crippen LogP) is 0.849. The molecule has 1 saturated carbocycles. The van der Waals surface area contributed by atoms with Crippen molar-refractivity contribution < 1.29 is 14.7 Å². The van der Waals surface area contributed by atoms with Gasteiger partial charge in [0, 0.05) is 6.54 Å². The zero-order valence-corrected chi connectivity index (χ0v) is 11.2. The van der Waals surface area contributed by atoms with Crippen LogP contribution in [0.25, 0.3) is 0 Å². The molecular formula is C13H24N2O3. The molecule has 1 rings (SSSR count). The standard InChI is InChI=1S/C13H24N2O3/c1-9(2)6-15-12(16)8-14-7-10-4-3-5-11(10)13(17)18/h9-11,14H,3-8H2,1-2H3,(H,15,16)(H,17,18). The van der Waals surface area contributed by atoms with Crippen LogP contribution < -0.4 is 10.6 Å². The summed E-state index contributed by atoms with van der Waals surface area (Å²) in [6.07, 6.45) is 2.68. The lowest BCUT2D eigenvalue weighted by molar-refractivity contribution is -0.142. The van der Waals surface area contributed by atoms with Crippen molar-refractivity contribution in [1.29, 1.82) is 0 Å². The summed E-state index contributed by atoms with van der Waals surface area (Å²) in [7, 11) is 0. The Hall–Kier alpha value is -1.10. The van der Waals surface area contributed by atoms with Crippen LogP contribution in [0.3, 0.4) is 0 Å². The molecule has 1 amide bonds. The third-order valence-electron chi connectivity index (χ3n) is 3.38. The first-order chi connectivity index (χ1) is 8.50. The normalized spacial score (nSPS) is 23.3. The second-order valence-electron chi connectivity index (χ2n) is 5.46. The van der Waals surface area contributed by atoms with Crippen molar-refractivity contribution >= 4 is 11.9 Å². The van der Waals surface area contributed by atoms with Crippen LogP contribution in [0.2, 0.25) is 0 Å². The van der Waals surface area contributed by atoms with Crippen molar-refractivity contribution in [1.82, 2.24) is 10.6 Å². The van der Waals surface area contributed by atoms with Crippen molar-refractivity contribution in [2.45, 2.75) is 33.1 Å². The molecule has 0 aromatic heterocycles. The van der Waals surface area contributed by atoms with Crippen LogP contribution in [0.4, 0.5) is 0 Å². The van der Waals surface area contributed by atoms with Crippen molar-refractivity contribution in [3.8, 4) is 0 Å². The minimum Gasteiger partial charge on any atom is -0.481 e. The molecule has 3 N–H and O–H groups in total. The molecule has 0 aliphatic heterocycles. The Bertz CT molecular complexity index is 292. The molecule has 1 aliphatic carbocycles. The first-order valence-electron chi connectivity index (χ1n) is 6.71. The van der Waals surface area contributed by atoms with Gasteiger partial charge in [0.2, 0.25) is 5.91 Å². The number of carboxylic acid groups (broad SMARTS) is 1. The molecule has 104 valence electrons. The molecule has 0 bridgehead atoms. The Balaban J connectivity index is 2.17. The maximum atomic E-state index is 11.4. The van der Waals surface area contributed by atoms with E-state index in [0.29, 0.717) is 19.0 Å². The Morgan fingerprint density at radius 1 is 1.33 bits per heavy atom. The molecule has 5 heteroatoms. The molecule has 0 aromatic carbocycles. The van der Waals surface area contributed by atoms with Gasteiger partial charge in [-0.3, -0.25) is 9.59 Å². The Kier molecular flexibility index (Phi) is 6.12. The van der Waals surface area contributed by atoms with Gasteiger partial charge in [-0.15, -0.1) is 0 Å². The van der Waals surface area contributed by atoms with E-state index in [-0.39, 0.29) is 24.3 Å². The second kappa shape index (κ2) is 7.36. The van der Waals surface area contributed by atoms with Crippen LogP contribution in [-0.4, -0.2) is 36.6 Å². The van der Waals surface area contributed by atoms with E-state index in [0.717, 1.165) is 19.3 Å². The number of carboxylic acids is 1. The van der Waals surface area contributed by atoms with Crippen molar-refractivity contribution in [3.05, 3.63) is 0 Å². The molecule has 2 atom stereocenters. The Morgan fingerprint density at radius 3 is 2.67 bits per heavy atom. The third kappa shape index (κ3) is 5.04. The summed E-state index contributed by atoms with van der Waals surface area (Å²) in [4.78, 5) is 22.4. The fourth-order valence-electron chi connectivity index (χ4n) is 2.36. The molecular weight excluding hydrogens is 232 g/mol. The average Bonchev–Trinajstić information content (AvgIpc) is 2.74. The van der Waals surface area contributed by atoms with Crippen molar-refractivity contribution in [2.75, 3.05) is 19.6 Å². The highest BCUT2D eigenvalue weighted by Gasteiger charge is 2.32. The number of nitrogens with one attached hydrogen (secondary N) is 2. The minimum atomic E-state index is -0.705. The largest absolute Gasteiger partial charge is 0.481 e. The highest BCUT2D eigenvalue weighted by Crippen LogP contribution is 2.31. The van der Waals surface area contributed by atoms with E-state index in [4.69, 9.17) is 5.11 Å². The van der Waals surface area contributed by atoms with E-state index in [9.17, 15) is 9.59 Å². The average molecular weight is 256 g/mol. The Morgan fingerprint density at radius 2 is 2.06 bits per heavy atom. The second-order valence-corrected chi connectivity index (χ2v) is 5.46. The van der Waals surface area contributed by atoms with Gasteiger partial charge in [-0.1, -0.05) is 20.3 Å². The lowest BCUT2D eigenvalue weighted by Crippen LogP contribution is -2.38. The summed E-state index contributed by atoms with van der Waals surface area (Å²) >= 11 is 0. The number of amides is 1. The van der Waals surface area contributed by atoms with Crippen molar-refractivity contribution in [2.24, 2.45) is 17.8 Å². The molecule has 5 nitrogen and oxygen atoms in total. The minimum absolute atomic E-state index is 0.0198. The molecule has 0 spiro atoms. The van der Waals surface area contributed by atoms with Gasteiger partial charge in [0.05, 0.1) is 12.5 Å². The first-order valence-corrected chi connectivity index (χ1v) is 6.71. The molecule has 0 heterocycles. The van der Waals surface area contributed by atoms with E-state index in [1.54, 1.807) is 0 Å². The van der Waals surface area contributed by atoms with Gasteiger partial charge >= 0.3 is 5.97 Å². The summed E-state index contributed by atoms with van der Waals surface area (Å²) < 4.78 is 0. The molecule has 2 unspecified atom stereocenters. The molecule has 1 fully saturated rings. The van der Waals surface area contributed by atoms with Crippen LogP contribution in [-0.2, 0) is 9.59 Å². The maximum absolute atomic E-state index is 11.4. The summed E-state index contributed by atoms with van der Waals surface area (Å²) in [5.41, 5.74) is 0. The number of hydrogen-bond donors (Lipinski definition) is 3. The predicted molar refractivity (Wildman–Crippen MR) is 69.2 cm³/mol. The summed E-state index contributed by atoms with van der Waals surface area (Å²) in [6, 6.07) is 0. The van der Waals surface area contributed by atoms with Gasteiger partial charge in [-0.05, 0) is 31.2 Å². The number of aliphatic carboxylic acids is 1. The monoisotopic (exact) mass is 256 g/mol. The number of rotatable bonds is 7. The zero-order valence-electron chi connectivity index (χ0n) is 11.2. The summed E-state index contributed by atoms with van der Waals surface area (Å²) in [6.45, 7) is 5.66. The fraction of sp³-hybridized carbons (Fsp3) is 0.846. The zero-order chi connectivity index (χ0) is 13.5. The van der Waals surface area contributed by atoms with Gasteiger partial charge in [-0.2, -0.15) is 0 Å². The quantitative estimate of drug-likeness (QED) is 0.631. The first kappa shape index (κ1) is 15.0. The number of hydrogen-bond acceptors (Lipinski definition) is 3. The number of carbonyl (C=O) groups excluding carboxylic acids is 1. The highest BCUT2D eigenvalue weighted by atomic mass is 16.4. The van der Waals surface area contributed by atoms with Gasteiger partial charge in [0.25, 0.3) is 0 Å². The van der Waals surface area contributed by atoms with Crippen molar-refractivity contribution in [3.63, 3.8) is 0 Å². The van der Waals surface area contributed by atoms with E-state index in [1.807, 2.05) is 13.8 Å². The molecule has 0 radical (unpaired) electrons. The molecule has 1 aliphatic rings. The molecule has 0 aromatic rings. The van der Waals surface area contributed by atoms with Crippen LogP contribution in [0.15, 0.2) is 0 Å². The Labute approximate surface area is 108 Å². The van der Waals surface area contributed by atoms with Gasteiger partial charge in [-0.25, -0.2) is 0 Å².